The number of rotatable bonds is 0. The molecule has 11 heavy (non-hydrogen) atoms. The molecular formula is C2N2Na2O4S. The van der Waals surface area contributed by atoms with E-state index in [1.807, 2.05) is 0 Å². The van der Waals surface area contributed by atoms with E-state index in [-0.39, 0.29) is 59.1 Å². The van der Waals surface area contributed by atoms with Gasteiger partial charge < -0.3 is 19.0 Å². The van der Waals surface area contributed by atoms with Crippen LogP contribution < -0.4 is 59.1 Å². The number of carbonyl (C=O) groups is 2. The number of hydrogen-bond acceptors (Lipinski definition) is 4. The predicted molar refractivity (Wildman–Crippen MR) is 25.7 cm³/mol. The summed E-state index contributed by atoms with van der Waals surface area (Å²) in [7, 11) is -4.09. The van der Waals surface area contributed by atoms with Crippen LogP contribution in [0.1, 0.15) is 0 Å². The van der Waals surface area contributed by atoms with Crippen LogP contribution in [0.2, 0.25) is 0 Å². The van der Waals surface area contributed by atoms with Crippen LogP contribution >= 0.6 is 0 Å². The summed E-state index contributed by atoms with van der Waals surface area (Å²) in [5.74, 6) is -2.65. The minimum absolute atomic E-state index is 0. The molecule has 0 bridgehead atoms. The quantitative estimate of drug-likeness (QED) is 0.282. The Balaban J connectivity index is 0. The molecule has 2 amide bonds. The molecule has 0 aromatic rings. The van der Waals surface area contributed by atoms with E-state index in [9.17, 15) is 18.0 Å². The summed E-state index contributed by atoms with van der Waals surface area (Å²) in [6.07, 6.45) is 0. The van der Waals surface area contributed by atoms with Gasteiger partial charge in [-0.3, -0.25) is 8.42 Å². The van der Waals surface area contributed by atoms with Crippen molar-refractivity contribution in [3.05, 3.63) is 9.44 Å². The van der Waals surface area contributed by atoms with Crippen LogP contribution in [0.4, 0.5) is 0 Å². The fourth-order valence-corrected chi connectivity index (χ4v) is 0.924. The van der Waals surface area contributed by atoms with E-state index in [1.54, 1.807) is 0 Å². The molecule has 0 spiro atoms. The predicted octanol–water partition coefficient (Wildman–Crippen LogP) is -6.95. The minimum atomic E-state index is -4.09. The fraction of sp³-hybridized carbons (Fsp3) is 0. The monoisotopic (exact) mass is 194 g/mol. The molecule has 9 heteroatoms. The molecule has 1 heterocycles. The molecule has 50 valence electrons. The van der Waals surface area contributed by atoms with Gasteiger partial charge in [0.1, 0.15) is 11.8 Å². The van der Waals surface area contributed by atoms with Crippen LogP contribution in [0, 0.1) is 0 Å². The van der Waals surface area contributed by atoms with E-state index in [0.29, 0.717) is 0 Å². The summed E-state index contributed by atoms with van der Waals surface area (Å²) >= 11 is 0. The van der Waals surface area contributed by atoms with Gasteiger partial charge in [0.25, 0.3) is 0 Å². The van der Waals surface area contributed by atoms with Crippen molar-refractivity contribution in [3.8, 4) is 0 Å². The Kier molecular flexibility index (Phi) is 6.30. The Morgan fingerprint density at radius 3 is 1.27 bits per heavy atom. The Hall–Kier alpha value is 0.890. The maximum absolute atomic E-state index is 10.1. The largest absolute Gasteiger partial charge is 1.00 e. The summed E-state index contributed by atoms with van der Waals surface area (Å²) in [6.45, 7) is 0. The van der Waals surface area contributed by atoms with Gasteiger partial charge in [0.15, 0.2) is 0 Å². The molecule has 0 atom stereocenters. The van der Waals surface area contributed by atoms with E-state index in [1.165, 1.54) is 0 Å². The first-order chi connectivity index (χ1) is 4.01. The summed E-state index contributed by atoms with van der Waals surface area (Å²) in [5.41, 5.74) is 0. The third-order valence-corrected chi connectivity index (χ3v) is 1.37. The fourth-order valence-electron chi connectivity index (χ4n) is 0.308. The maximum atomic E-state index is 10.1. The molecule has 1 rings (SSSR count). The van der Waals surface area contributed by atoms with Crippen molar-refractivity contribution in [3.63, 3.8) is 0 Å². The first kappa shape index (κ1) is 14.4. The molecule has 6 nitrogen and oxygen atoms in total. The van der Waals surface area contributed by atoms with Crippen molar-refractivity contribution in [2.75, 3.05) is 0 Å². The van der Waals surface area contributed by atoms with Gasteiger partial charge in [-0.25, -0.2) is 0 Å². The number of hydrogen-bond donors (Lipinski definition) is 0. The second-order valence-electron chi connectivity index (χ2n) is 1.24. The van der Waals surface area contributed by atoms with Crippen LogP contribution in [-0.4, -0.2) is 20.2 Å². The summed E-state index contributed by atoms with van der Waals surface area (Å²) in [6, 6.07) is 0. The topological polar surface area (TPSA) is 96.5 Å². The van der Waals surface area contributed by atoms with Crippen LogP contribution in [0.15, 0.2) is 0 Å². The van der Waals surface area contributed by atoms with Gasteiger partial charge in [-0.15, -0.1) is 0 Å². The second-order valence-corrected chi connectivity index (χ2v) is 2.50. The van der Waals surface area contributed by atoms with Crippen molar-refractivity contribution in [2.24, 2.45) is 0 Å². The molecule has 1 fully saturated rings. The molecule has 0 N–H and O–H groups in total. The van der Waals surface area contributed by atoms with E-state index < -0.39 is 22.0 Å². The Labute approximate surface area is 107 Å². The van der Waals surface area contributed by atoms with Gasteiger partial charge in [0.05, 0.1) is 0 Å². The average molecular weight is 194 g/mol. The third kappa shape index (κ3) is 3.88. The zero-order valence-electron chi connectivity index (χ0n) is 5.94. The second kappa shape index (κ2) is 4.80. The van der Waals surface area contributed by atoms with Gasteiger partial charge in [0, 0.05) is 10.2 Å². The molecule has 0 unspecified atom stereocenters. The molecule has 0 aliphatic carbocycles. The van der Waals surface area contributed by atoms with Gasteiger partial charge >= 0.3 is 59.1 Å². The van der Waals surface area contributed by atoms with E-state index in [0.717, 1.165) is 0 Å². The van der Waals surface area contributed by atoms with Crippen molar-refractivity contribution < 1.29 is 77.1 Å². The van der Waals surface area contributed by atoms with Gasteiger partial charge in [-0.05, 0) is 0 Å². The number of carbonyl (C=O) groups excluding carboxylic acids is 2. The van der Waals surface area contributed by atoms with Crippen LogP contribution in [0.25, 0.3) is 9.44 Å². The first-order valence-electron chi connectivity index (χ1n) is 1.80. The molecule has 0 aromatic carbocycles. The van der Waals surface area contributed by atoms with E-state index in [2.05, 4.69) is 9.44 Å². The van der Waals surface area contributed by atoms with E-state index in [4.69, 9.17) is 0 Å². The van der Waals surface area contributed by atoms with Crippen molar-refractivity contribution in [1.82, 2.24) is 0 Å². The molecule has 0 saturated carbocycles. The molecular weight excluding hydrogens is 194 g/mol. The molecule has 0 radical (unpaired) electrons. The molecule has 1 aliphatic rings. The van der Waals surface area contributed by atoms with E-state index >= 15 is 0 Å². The molecule has 1 aliphatic heterocycles. The third-order valence-electron chi connectivity index (χ3n) is 0.579. The smallest absolute Gasteiger partial charge is 0.554 e. The van der Waals surface area contributed by atoms with Crippen LogP contribution in [-0.2, 0) is 19.8 Å². The standard InChI is InChI=1S/C2H2N2O4S.2Na/c5-1-2(6)4-9(7,8)3-1;;/h(H2,3,4,5,6);;/q;2*+1/p-2. The Morgan fingerprint density at radius 1 is 0.909 bits per heavy atom. The van der Waals surface area contributed by atoms with Crippen molar-refractivity contribution >= 4 is 22.0 Å². The molecule has 1 saturated heterocycles. The van der Waals surface area contributed by atoms with Crippen LogP contribution in [0.3, 0.4) is 0 Å². The van der Waals surface area contributed by atoms with Gasteiger partial charge in [-0.1, -0.05) is 0 Å². The average Bonchev–Trinajstić information content (AvgIpc) is 1.79. The zero-order chi connectivity index (χ0) is 7.07. The van der Waals surface area contributed by atoms with Crippen molar-refractivity contribution in [2.45, 2.75) is 0 Å². The molecule has 0 aromatic heterocycles. The minimum Gasteiger partial charge on any atom is -0.554 e. The normalized spacial score (nSPS) is 18.9. The van der Waals surface area contributed by atoms with Gasteiger partial charge in [-0.2, -0.15) is 0 Å². The Morgan fingerprint density at radius 2 is 1.18 bits per heavy atom. The van der Waals surface area contributed by atoms with Gasteiger partial charge in [0.2, 0.25) is 0 Å². The maximum Gasteiger partial charge on any atom is 1.00 e. The first-order valence-corrected chi connectivity index (χ1v) is 3.20. The summed E-state index contributed by atoms with van der Waals surface area (Å²) in [5, 5.41) is 0. The van der Waals surface area contributed by atoms with Crippen molar-refractivity contribution in [1.29, 1.82) is 0 Å². The number of nitrogens with zero attached hydrogens (tertiary/aromatic N) is 2. The summed E-state index contributed by atoms with van der Waals surface area (Å²) in [4.78, 5) is 20.0. The number of amides is 2. The zero-order valence-corrected chi connectivity index (χ0v) is 10.8. The summed E-state index contributed by atoms with van der Waals surface area (Å²) < 4.78 is 25.0. The Bertz CT molecular complexity index is 250. The SMILES string of the molecule is O=C1[N-]S(=O)(=O)[N-]C1=O.[Na+].[Na+]. The van der Waals surface area contributed by atoms with Crippen LogP contribution in [0.5, 0.6) is 0 Å².